The van der Waals surface area contributed by atoms with Crippen LogP contribution >= 0.6 is 11.3 Å². The molecule has 1 fully saturated rings. The van der Waals surface area contributed by atoms with Crippen LogP contribution < -0.4 is 0 Å². The molecule has 1 unspecified atom stereocenters. The number of thiazole rings is 1. The van der Waals surface area contributed by atoms with E-state index in [4.69, 9.17) is 9.52 Å². The Morgan fingerprint density at radius 3 is 3.00 bits per heavy atom. The molecule has 2 aromatic heterocycles. The number of carboxylic acid groups (broad SMARTS) is 1. The number of aromatic nitrogens is 1. The molecule has 1 atom stereocenters. The average Bonchev–Trinajstić information content (AvgIpc) is 3.16. The molecular formula is C15H16N2O4S. The van der Waals surface area contributed by atoms with E-state index in [9.17, 15) is 9.59 Å². The van der Waals surface area contributed by atoms with E-state index in [0.29, 0.717) is 24.4 Å². The highest BCUT2D eigenvalue weighted by molar-refractivity contribution is 7.13. The van der Waals surface area contributed by atoms with E-state index < -0.39 is 12.0 Å². The summed E-state index contributed by atoms with van der Waals surface area (Å²) in [6.45, 7) is 2.37. The monoisotopic (exact) mass is 320 g/mol. The summed E-state index contributed by atoms with van der Waals surface area (Å²) in [4.78, 5) is 29.3. The van der Waals surface area contributed by atoms with Crippen molar-refractivity contribution in [1.29, 1.82) is 0 Å². The van der Waals surface area contributed by atoms with E-state index in [1.54, 1.807) is 0 Å². The average molecular weight is 320 g/mol. The zero-order chi connectivity index (χ0) is 15.7. The molecular weight excluding hydrogens is 304 g/mol. The summed E-state index contributed by atoms with van der Waals surface area (Å²) in [7, 11) is 0. The van der Waals surface area contributed by atoms with Crippen molar-refractivity contribution in [1.82, 2.24) is 9.88 Å². The number of carbonyl (C=O) groups is 2. The van der Waals surface area contributed by atoms with Gasteiger partial charge in [0.05, 0.1) is 12.1 Å². The summed E-state index contributed by atoms with van der Waals surface area (Å²) in [5.74, 6) is 0.378. The van der Waals surface area contributed by atoms with Crippen molar-refractivity contribution in [2.45, 2.75) is 32.2 Å². The standard InChI is InChI=1S/C15H16N2O4S/c1-9-4-5-12(21-9)14-16-10(8-22-14)7-13(18)17-6-2-3-11(17)15(19)20/h4-5,8,11H,2-3,6-7H2,1H3,(H,19,20). The van der Waals surface area contributed by atoms with Crippen molar-refractivity contribution in [3.63, 3.8) is 0 Å². The van der Waals surface area contributed by atoms with Crippen LogP contribution in [0.4, 0.5) is 0 Å². The Hall–Kier alpha value is -2.15. The molecule has 0 radical (unpaired) electrons. The molecule has 6 nitrogen and oxygen atoms in total. The summed E-state index contributed by atoms with van der Waals surface area (Å²) in [6.07, 6.45) is 1.38. The number of furan rings is 1. The van der Waals surface area contributed by atoms with Crippen LogP contribution in [0.25, 0.3) is 10.8 Å². The summed E-state index contributed by atoms with van der Waals surface area (Å²) in [5, 5.41) is 11.7. The second-order valence-electron chi connectivity index (χ2n) is 5.31. The lowest BCUT2D eigenvalue weighted by molar-refractivity contribution is -0.148. The number of hydrogen-bond acceptors (Lipinski definition) is 5. The Bertz CT molecular complexity index is 706. The van der Waals surface area contributed by atoms with Gasteiger partial charge in [0.2, 0.25) is 5.91 Å². The Balaban J connectivity index is 1.70. The first-order valence-electron chi connectivity index (χ1n) is 7.08. The molecule has 22 heavy (non-hydrogen) atoms. The first-order valence-corrected chi connectivity index (χ1v) is 7.96. The highest BCUT2D eigenvalue weighted by atomic mass is 32.1. The molecule has 1 saturated heterocycles. The van der Waals surface area contributed by atoms with Gasteiger partial charge in [-0.1, -0.05) is 0 Å². The minimum Gasteiger partial charge on any atom is -0.480 e. The third-order valence-electron chi connectivity index (χ3n) is 3.69. The van der Waals surface area contributed by atoms with Crippen LogP contribution in [0.5, 0.6) is 0 Å². The lowest BCUT2D eigenvalue weighted by atomic mass is 10.2. The smallest absolute Gasteiger partial charge is 0.326 e. The number of aliphatic carboxylic acids is 1. The van der Waals surface area contributed by atoms with Gasteiger partial charge in [-0.3, -0.25) is 4.79 Å². The van der Waals surface area contributed by atoms with Crippen LogP contribution in [-0.2, 0) is 16.0 Å². The SMILES string of the molecule is Cc1ccc(-c2nc(CC(=O)N3CCCC3C(=O)O)cs2)o1. The number of carbonyl (C=O) groups excluding carboxylic acids is 1. The number of likely N-dealkylation sites (tertiary alicyclic amines) is 1. The second-order valence-corrected chi connectivity index (χ2v) is 6.17. The normalized spacial score (nSPS) is 17.9. The quantitative estimate of drug-likeness (QED) is 0.934. The highest BCUT2D eigenvalue weighted by Gasteiger charge is 2.33. The van der Waals surface area contributed by atoms with Gasteiger partial charge in [0, 0.05) is 11.9 Å². The van der Waals surface area contributed by atoms with Crippen molar-refractivity contribution in [2.24, 2.45) is 0 Å². The number of carboxylic acids is 1. The van der Waals surface area contributed by atoms with Gasteiger partial charge in [-0.25, -0.2) is 9.78 Å². The zero-order valence-electron chi connectivity index (χ0n) is 12.1. The van der Waals surface area contributed by atoms with Crippen molar-refractivity contribution in [3.8, 4) is 10.8 Å². The largest absolute Gasteiger partial charge is 0.480 e. The molecule has 1 aliphatic rings. The summed E-state index contributed by atoms with van der Waals surface area (Å²) in [5.41, 5.74) is 0.648. The number of amides is 1. The van der Waals surface area contributed by atoms with E-state index in [-0.39, 0.29) is 12.3 Å². The van der Waals surface area contributed by atoms with E-state index >= 15 is 0 Å². The molecule has 1 N–H and O–H groups in total. The van der Waals surface area contributed by atoms with E-state index in [0.717, 1.165) is 17.2 Å². The Morgan fingerprint density at radius 1 is 1.50 bits per heavy atom. The van der Waals surface area contributed by atoms with Crippen LogP contribution in [0.15, 0.2) is 21.9 Å². The fourth-order valence-electron chi connectivity index (χ4n) is 2.63. The minimum absolute atomic E-state index is 0.125. The maximum atomic E-state index is 12.3. The third-order valence-corrected chi connectivity index (χ3v) is 4.60. The van der Waals surface area contributed by atoms with Crippen LogP contribution in [0.1, 0.15) is 24.3 Å². The molecule has 7 heteroatoms. The van der Waals surface area contributed by atoms with E-state index in [2.05, 4.69) is 4.98 Å². The molecule has 3 rings (SSSR count). The van der Waals surface area contributed by atoms with Crippen molar-refractivity contribution < 1.29 is 19.1 Å². The number of rotatable bonds is 4. The Kier molecular flexibility index (Phi) is 3.98. The lowest BCUT2D eigenvalue weighted by Gasteiger charge is -2.20. The lowest BCUT2D eigenvalue weighted by Crippen LogP contribution is -2.41. The molecule has 1 aliphatic heterocycles. The second kappa shape index (κ2) is 5.92. The Morgan fingerprint density at radius 2 is 2.32 bits per heavy atom. The van der Waals surface area contributed by atoms with Crippen LogP contribution in [0.3, 0.4) is 0 Å². The van der Waals surface area contributed by atoms with Gasteiger partial charge in [0.25, 0.3) is 0 Å². The third kappa shape index (κ3) is 2.89. The zero-order valence-corrected chi connectivity index (χ0v) is 12.9. The molecule has 116 valence electrons. The first-order chi connectivity index (χ1) is 10.5. The molecule has 3 heterocycles. The van der Waals surface area contributed by atoms with Gasteiger partial charge in [-0.2, -0.15) is 0 Å². The number of hydrogen-bond donors (Lipinski definition) is 1. The molecule has 0 aliphatic carbocycles. The van der Waals surface area contributed by atoms with Crippen molar-refractivity contribution in [3.05, 3.63) is 29.0 Å². The topological polar surface area (TPSA) is 83.6 Å². The van der Waals surface area contributed by atoms with Crippen molar-refractivity contribution in [2.75, 3.05) is 6.54 Å². The molecule has 0 bridgehead atoms. The predicted octanol–water partition coefficient (Wildman–Crippen LogP) is 2.33. The number of nitrogens with zero attached hydrogens (tertiary/aromatic N) is 2. The van der Waals surface area contributed by atoms with Gasteiger partial charge in [-0.05, 0) is 31.9 Å². The van der Waals surface area contributed by atoms with E-state index in [1.165, 1.54) is 16.2 Å². The molecule has 2 aromatic rings. The van der Waals surface area contributed by atoms with Crippen molar-refractivity contribution >= 4 is 23.2 Å². The van der Waals surface area contributed by atoms with Crippen LogP contribution in [0.2, 0.25) is 0 Å². The fraction of sp³-hybridized carbons (Fsp3) is 0.400. The maximum absolute atomic E-state index is 12.3. The molecule has 1 amide bonds. The van der Waals surface area contributed by atoms with Gasteiger partial charge in [0.15, 0.2) is 10.8 Å². The van der Waals surface area contributed by atoms with Gasteiger partial charge in [0.1, 0.15) is 11.8 Å². The fourth-order valence-corrected chi connectivity index (χ4v) is 3.41. The summed E-state index contributed by atoms with van der Waals surface area (Å²) >= 11 is 1.42. The highest BCUT2D eigenvalue weighted by Crippen LogP contribution is 2.26. The first kappa shape index (κ1) is 14.8. The number of aryl methyl sites for hydroxylation is 1. The van der Waals surface area contributed by atoms with Gasteiger partial charge >= 0.3 is 5.97 Å². The summed E-state index contributed by atoms with van der Waals surface area (Å²) in [6, 6.07) is 3.02. The molecule has 0 aromatic carbocycles. The van der Waals surface area contributed by atoms with Crippen LogP contribution in [0, 0.1) is 6.92 Å². The Labute approximate surface area is 131 Å². The maximum Gasteiger partial charge on any atom is 0.326 e. The van der Waals surface area contributed by atoms with Gasteiger partial charge < -0.3 is 14.4 Å². The van der Waals surface area contributed by atoms with Crippen LogP contribution in [-0.4, -0.2) is 39.5 Å². The summed E-state index contributed by atoms with van der Waals surface area (Å²) < 4.78 is 5.51. The minimum atomic E-state index is -0.934. The predicted molar refractivity (Wildman–Crippen MR) is 80.6 cm³/mol. The molecule has 0 spiro atoms. The van der Waals surface area contributed by atoms with Gasteiger partial charge in [-0.15, -0.1) is 11.3 Å². The van der Waals surface area contributed by atoms with E-state index in [1.807, 2.05) is 24.4 Å². The molecule has 0 saturated carbocycles.